The average Bonchev–Trinajstić information content (AvgIpc) is 3.82. The van der Waals surface area contributed by atoms with Gasteiger partial charge in [0.15, 0.2) is 10.1 Å². The van der Waals surface area contributed by atoms with Crippen LogP contribution in [0.15, 0.2) is 95.0 Å². The fraction of sp³-hybridized carbons (Fsp3) is 0.458. The van der Waals surface area contributed by atoms with Gasteiger partial charge in [-0.2, -0.15) is 30.7 Å². The molecule has 0 saturated carbocycles. The lowest BCUT2D eigenvalue weighted by molar-refractivity contribution is -0.188. The second kappa shape index (κ2) is 24.6. The molecular formula is C48H59F7N8O10S2. The summed E-state index contributed by atoms with van der Waals surface area (Å²) in [6.45, 7) is 6.59. The first-order valence-corrected chi connectivity index (χ1v) is 26.0. The van der Waals surface area contributed by atoms with Gasteiger partial charge >= 0.3 is 36.1 Å². The Kier molecular flexibility index (Phi) is 20.1. The maximum atomic E-state index is 13.1. The molecule has 2 fully saturated rings. The van der Waals surface area contributed by atoms with E-state index in [2.05, 4.69) is 25.2 Å². The van der Waals surface area contributed by atoms with E-state index in [0.29, 0.717) is 49.7 Å². The molecule has 2 saturated heterocycles. The number of amides is 2. The summed E-state index contributed by atoms with van der Waals surface area (Å²) in [7, 11) is -5.35. The standard InChI is InChI=1S/C24H29F3N4O5S.C19H25F3N2O3.C5H5FN2O2S/c1-23(2)13-15(14-31(23)22(33)24(25,26)27)7-12-18(16-8-10-17(11-9-16)21(32)36-3)29-19-5-4-6-20(30-19)37(28,34)35;1-18(2)10-12(11-24(18)17(26)19(20,21)22)4-9-15(23)13-5-7-14(8-6-13)16(25)27-3;6-4-2-1-3-5(8-4)11(7,9)10/h4-6,8-11,15,18H,7,12-14H2,1-3H3,(H,29,30)(H2,28,34,35);5-8,12,15H,4,9-11,23H2,1-3H3;1-3H,(H2,7,9,10)/t15-,18?;12-,15?;/m00./s1. The molecule has 18 nitrogen and oxygen atoms in total. The van der Waals surface area contributed by atoms with Crippen LogP contribution in [0.2, 0.25) is 0 Å². The van der Waals surface area contributed by atoms with Crippen molar-refractivity contribution in [3.8, 4) is 0 Å². The number of pyridine rings is 2. The minimum atomic E-state index is -4.95. The number of sulfonamides is 2. The molecular weight excluding hydrogens is 1050 g/mol. The van der Waals surface area contributed by atoms with E-state index in [-0.39, 0.29) is 41.8 Å². The second-order valence-electron chi connectivity index (χ2n) is 19.0. The number of alkyl halides is 6. The molecule has 2 unspecified atom stereocenters. The van der Waals surface area contributed by atoms with Gasteiger partial charge in [-0.15, -0.1) is 0 Å². The summed E-state index contributed by atoms with van der Waals surface area (Å²) >= 11 is 0. The fourth-order valence-corrected chi connectivity index (χ4v) is 9.80. The fourth-order valence-electron chi connectivity index (χ4n) is 8.82. The predicted molar refractivity (Wildman–Crippen MR) is 258 cm³/mol. The third kappa shape index (κ3) is 17.4. The molecule has 0 aliphatic carbocycles. The first kappa shape index (κ1) is 61.3. The van der Waals surface area contributed by atoms with Crippen LogP contribution in [0.1, 0.15) is 110 Å². The van der Waals surface area contributed by atoms with Crippen molar-refractivity contribution in [2.24, 2.45) is 27.8 Å². The van der Waals surface area contributed by atoms with Crippen LogP contribution in [0.3, 0.4) is 0 Å². The molecule has 412 valence electrons. The molecule has 2 aromatic heterocycles. The number of nitrogens with two attached hydrogens (primary N) is 3. The van der Waals surface area contributed by atoms with Crippen molar-refractivity contribution in [2.75, 3.05) is 32.6 Å². The maximum Gasteiger partial charge on any atom is 0.471 e. The van der Waals surface area contributed by atoms with E-state index < -0.39 is 84.2 Å². The molecule has 27 heteroatoms. The molecule has 7 N–H and O–H groups in total. The van der Waals surface area contributed by atoms with Crippen molar-refractivity contribution in [3.05, 3.63) is 113 Å². The van der Waals surface area contributed by atoms with Gasteiger partial charge in [0.05, 0.1) is 31.4 Å². The zero-order chi connectivity index (χ0) is 56.5. The number of nitrogens with one attached hydrogen (secondary N) is 1. The Labute approximate surface area is 429 Å². The number of hydrogen-bond acceptors (Lipinski definition) is 14. The van der Waals surface area contributed by atoms with Crippen LogP contribution in [0.4, 0.5) is 36.6 Å². The molecule has 4 aromatic rings. The van der Waals surface area contributed by atoms with Crippen molar-refractivity contribution in [3.63, 3.8) is 0 Å². The van der Waals surface area contributed by atoms with Gasteiger partial charge in [-0.05, 0) is 138 Å². The number of benzene rings is 2. The third-order valence-corrected chi connectivity index (χ3v) is 14.1. The van der Waals surface area contributed by atoms with Gasteiger partial charge in [0.1, 0.15) is 5.82 Å². The molecule has 75 heavy (non-hydrogen) atoms. The number of anilines is 1. The molecule has 0 radical (unpaired) electrons. The Balaban J connectivity index is 0.000000278. The Morgan fingerprint density at radius 2 is 1.05 bits per heavy atom. The average molecular weight is 1110 g/mol. The molecule has 2 aliphatic heterocycles. The first-order chi connectivity index (χ1) is 34.6. The number of rotatable bonds is 14. The summed E-state index contributed by atoms with van der Waals surface area (Å²) in [5.41, 5.74) is 6.73. The normalized spacial score (nSPS) is 18.1. The number of carbonyl (C=O) groups excluding carboxylic acids is 4. The Hall–Kier alpha value is -6.29. The highest BCUT2D eigenvalue weighted by Crippen LogP contribution is 2.40. The molecule has 2 aliphatic rings. The van der Waals surface area contributed by atoms with Gasteiger partial charge < -0.3 is 30.3 Å². The van der Waals surface area contributed by atoms with Crippen molar-refractivity contribution >= 4 is 49.6 Å². The van der Waals surface area contributed by atoms with Crippen molar-refractivity contribution in [1.29, 1.82) is 0 Å². The van der Waals surface area contributed by atoms with Crippen LogP contribution >= 0.6 is 0 Å². The van der Waals surface area contributed by atoms with Crippen molar-refractivity contribution in [2.45, 2.75) is 112 Å². The quantitative estimate of drug-likeness (QED) is 0.0565. The van der Waals surface area contributed by atoms with E-state index in [1.54, 1.807) is 82.3 Å². The summed E-state index contributed by atoms with van der Waals surface area (Å²) in [5.74, 6) is -5.44. The maximum absolute atomic E-state index is 13.1. The highest BCUT2D eigenvalue weighted by molar-refractivity contribution is 7.89. The molecule has 0 spiro atoms. The number of ether oxygens (including phenoxy) is 2. The van der Waals surface area contributed by atoms with Crippen LogP contribution in [0, 0.1) is 17.8 Å². The van der Waals surface area contributed by atoms with Crippen molar-refractivity contribution in [1.82, 2.24) is 19.8 Å². The molecule has 4 atom stereocenters. The first-order valence-electron chi connectivity index (χ1n) is 22.9. The number of aromatic nitrogens is 2. The lowest BCUT2D eigenvalue weighted by Gasteiger charge is -2.31. The summed E-state index contributed by atoms with van der Waals surface area (Å²) in [6, 6.07) is 20.2. The smallest absolute Gasteiger partial charge is 0.465 e. The summed E-state index contributed by atoms with van der Waals surface area (Å²) in [5, 5.41) is 12.2. The summed E-state index contributed by atoms with van der Waals surface area (Å²) in [6.07, 6.45) is -6.83. The monoisotopic (exact) mass is 1100 g/mol. The predicted octanol–water partition coefficient (Wildman–Crippen LogP) is 6.95. The number of nitrogens with zero attached hydrogens (tertiary/aromatic N) is 4. The van der Waals surface area contributed by atoms with Crippen LogP contribution in [-0.4, -0.2) is 111 Å². The largest absolute Gasteiger partial charge is 0.471 e. The number of esters is 2. The Morgan fingerprint density at radius 3 is 1.44 bits per heavy atom. The zero-order valence-corrected chi connectivity index (χ0v) is 43.2. The minimum absolute atomic E-state index is 0.0293. The van der Waals surface area contributed by atoms with E-state index in [0.717, 1.165) is 33.1 Å². The van der Waals surface area contributed by atoms with E-state index in [4.69, 9.17) is 15.6 Å². The van der Waals surface area contributed by atoms with Crippen LogP contribution in [0.5, 0.6) is 0 Å². The SMILES string of the molecule is COC(=O)c1ccc(C(CC[C@@H]2CN(C(=O)C(F)(F)F)C(C)(C)C2)Nc2cccc(S(N)(=O)=O)n2)cc1.COC(=O)c1ccc(C(N)CC[C@@H]2CN(C(=O)C(F)(F)F)C(C)(C)C2)cc1.NS(=O)(=O)c1cccc(F)n1. The van der Waals surface area contributed by atoms with E-state index in [1.807, 2.05) is 0 Å². The van der Waals surface area contributed by atoms with Crippen molar-refractivity contribution < 1.29 is 76.2 Å². The van der Waals surface area contributed by atoms with E-state index >= 15 is 0 Å². The second-order valence-corrected chi connectivity index (χ2v) is 22.0. The number of halogens is 7. The number of hydrogen-bond donors (Lipinski definition) is 4. The number of primary sulfonamides is 2. The van der Waals surface area contributed by atoms with E-state index in [9.17, 15) is 66.7 Å². The van der Waals surface area contributed by atoms with Crippen LogP contribution in [-0.2, 0) is 39.1 Å². The number of likely N-dealkylation sites (tertiary alicyclic amines) is 2. The van der Waals surface area contributed by atoms with Gasteiger partial charge in [-0.25, -0.2) is 46.7 Å². The molecule has 6 rings (SSSR count). The molecule has 0 bridgehead atoms. The number of carbonyl (C=O) groups is 4. The van der Waals surface area contributed by atoms with Crippen LogP contribution < -0.4 is 21.3 Å². The molecule has 2 aromatic carbocycles. The van der Waals surface area contributed by atoms with Crippen LogP contribution in [0.25, 0.3) is 0 Å². The van der Waals surface area contributed by atoms with E-state index in [1.165, 1.54) is 32.4 Å². The molecule has 2 amide bonds. The minimum Gasteiger partial charge on any atom is -0.465 e. The Morgan fingerprint density at radius 1 is 0.653 bits per heavy atom. The topological polar surface area (TPSA) is 277 Å². The summed E-state index contributed by atoms with van der Waals surface area (Å²) in [4.78, 5) is 55.8. The van der Waals surface area contributed by atoms with Gasteiger partial charge in [0, 0.05) is 30.2 Å². The van der Waals surface area contributed by atoms with Gasteiger partial charge in [-0.1, -0.05) is 36.4 Å². The lowest BCUT2D eigenvalue weighted by Crippen LogP contribution is -2.48. The third-order valence-electron chi connectivity index (χ3n) is 12.5. The highest BCUT2D eigenvalue weighted by atomic mass is 32.2. The highest BCUT2D eigenvalue weighted by Gasteiger charge is 2.52. The lowest BCUT2D eigenvalue weighted by atomic mass is 9.90. The van der Waals surface area contributed by atoms with Gasteiger partial charge in [0.25, 0.3) is 20.0 Å². The summed E-state index contributed by atoms with van der Waals surface area (Å²) < 4.78 is 144. The molecule has 4 heterocycles. The zero-order valence-electron chi connectivity index (χ0n) is 41.6. The number of methoxy groups -OCH3 is 2. The Bertz CT molecular complexity index is 2870. The van der Waals surface area contributed by atoms with Gasteiger partial charge in [-0.3, -0.25) is 9.59 Å². The van der Waals surface area contributed by atoms with Gasteiger partial charge in [0.2, 0.25) is 5.95 Å².